The molecule has 1 N–H and O–H groups in total. The van der Waals surface area contributed by atoms with Crippen molar-refractivity contribution in [3.05, 3.63) is 59.5 Å². The lowest BCUT2D eigenvalue weighted by Crippen LogP contribution is -2.13. The van der Waals surface area contributed by atoms with E-state index in [0.717, 1.165) is 5.56 Å². The maximum atomic E-state index is 12.0. The first-order chi connectivity index (χ1) is 11.7. The van der Waals surface area contributed by atoms with Gasteiger partial charge in [0.25, 0.3) is 5.91 Å². The summed E-state index contributed by atoms with van der Waals surface area (Å²) in [6.07, 6.45) is 4.33. The Morgan fingerprint density at radius 3 is 2.62 bits per heavy atom. The molecule has 3 rings (SSSR count). The van der Waals surface area contributed by atoms with Gasteiger partial charge in [0.2, 0.25) is 0 Å². The van der Waals surface area contributed by atoms with E-state index < -0.39 is 5.97 Å². The SMILES string of the molecule is COC(=O)c1ccc(-c2csc(NC(=O)c3cnccn3)n2)cc1. The van der Waals surface area contributed by atoms with Gasteiger partial charge >= 0.3 is 5.97 Å². The Hall–Kier alpha value is -3.13. The molecule has 8 heteroatoms. The highest BCUT2D eigenvalue weighted by Crippen LogP contribution is 2.25. The van der Waals surface area contributed by atoms with Crippen LogP contribution in [0.3, 0.4) is 0 Å². The summed E-state index contributed by atoms with van der Waals surface area (Å²) < 4.78 is 4.66. The predicted octanol–water partition coefficient (Wildman–Crippen LogP) is 2.64. The van der Waals surface area contributed by atoms with Crippen molar-refractivity contribution in [1.82, 2.24) is 15.0 Å². The molecule has 2 aromatic heterocycles. The summed E-state index contributed by atoms with van der Waals surface area (Å²) in [5, 5.41) is 4.95. The number of carbonyl (C=O) groups is 2. The van der Waals surface area contributed by atoms with Gasteiger partial charge in [0.15, 0.2) is 5.13 Å². The van der Waals surface area contributed by atoms with Crippen LogP contribution in [0.15, 0.2) is 48.2 Å². The van der Waals surface area contributed by atoms with Crippen molar-refractivity contribution in [2.75, 3.05) is 12.4 Å². The van der Waals surface area contributed by atoms with Crippen LogP contribution in [-0.4, -0.2) is 33.9 Å². The third-order valence-corrected chi connectivity index (χ3v) is 3.88. The highest BCUT2D eigenvalue weighted by molar-refractivity contribution is 7.14. The number of hydrogen-bond acceptors (Lipinski definition) is 7. The fraction of sp³-hybridized carbons (Fsp3) is 0.0625. The molecule has 0 bridgehead atoms. The zero-order valence-electron chi connectivity index (χ0n) is 12.6. The Morgan fingerprint density at radius 1 is 1.17 bits per heavy atom. The van der Waals surface area contributed by atoms with E-state index in [4.69, 9.17) is 0 Å². The number of esters is 1. The van der Waals surface area contributed by atoms with Gasteiger partial charge in [-0.2, -0.15) is 0 Å². The molecular formula is C16H12N4O3S. The van der Waals surface area contributed by atoms with Crippen molar-refractivity contribution >= 4 is 28.3 Å². The van der Waals surface area contributed by atoms with Gasteiger partial charge in [-0.15, -0.1) is 11.3 Å². The molecule has 1 aromatic carbocycles. The number of benzene rings is 1. The number of carbonyl (C=O) groups excluding carboxylic acids is 2. The fourth-order valence-electron chi connectivity index (χ4n) is 1.94. The summed E-state index contributed by atoms with van der Waals surface area (Å²) in [6, 6.07) is 6.88. The second-order valence-electron chi connectivity index (χ2n) is 4.65. The number of hydrogen-bond donors (Lipinski definition) is 1. The normalized spacial score (nSPS) is 10.2. The molecule has 2 heterocycles. The molecular weight excluding hydrogens is 328 g/mol. The molecule has 0 spiro atoms. The van der Waals surface area contributed by atoms with E-state index in [2.05, 4.69) is 25.0 Å². The zero-order chi connectivity index (χ0) is 16.9. The van der Waals surface area contributed by atoms with E-state index in [1.54, 1.807) is 24.3 Å². The molecule has 0 saturated carbocycles. The van der Waals surface area contributed by atoms with Crippen LogP contribution in [-0.2, 0) is 4.74 Å². The Labute approximate surface area is 141 Å². The van der Waals surface area contributed by atoms with Crippen molar-refractivity contribution in [3.8, 4) is 11.3 Å². The first kappa shape index (κ1) is 15.8. The molecule has 0 atom stereocenters. The van der Waals surface area contributed by atoms with Crippen molar-refractivity contribution in [1.29, 1.82) is 0 Å². The topological polar surface area (TPSA) is 94.1 Å². The minimum atomic E-state index is -0.392. The van der Waals surface area contributed by atoms with Crippen molar-refractivity contribution in [2.24, 2.45) is 0 Å². The number of nitrogens with zero attached hydrogens (tertiary/aromatic N) is 3. The number of thiazole rings is 1. The van der Waals surface area contributed by atoms with Gasteiger partial charge < -0.3 is 4.74 Å². The van der Waals surface area contributed by atoms with Gasteiger partial charge in [-0.3, -0.25) is 15.1 Å². The molecule has 0 aliphatic carbocycles. The predicted molar refractivity (Wildman–Crippen MR) is 88.9 cm³/mol. The Bertz CT molecular complexity index is 863. The number of methoxy groups -OCH3 is 1. The Kier molecular flexibility index (Phi) is 4.57. The number of nitrogens with one attached hydrogen (secondary N) is 1. The number of ether oxygens (including phenoxy) is 1. The smallest absolute Gasteiger partial charge is 0.337 e. The molecule has 0 aliphatic heterocycles. The molecule has 0 radical (unpaired) electrons. The van der Waals surface area contributed by atoms with E-state index in [1.807, 2.05) is 5.38 Å². The van der Waals surface area contributed by atoms with Crippen LogP contribution >= 0.6 is 11.3 Å². The lowest BCUT2D eigenvalue weighted by Gasteiger charge is -2.01. The van der Waals surface area contributed by atoms with Crippen LogP contribution in [0.1, 0.15) is 20.8 Å². The van der Waals surface area contributed by atoms with Crippen LogP contribution < -0.4 is 5.32 Å². The third kappa shape index (κ3) is 3.44. The molecule has 0 saturated heterocycles. The van der Waals surface area contributed by atoms with Crippen LogP contribution in [0.4, 0.5) is 5.13 Å². The minimum absolute atomic E-state index is 0.219. The molecule has 3 aromatic rings. The monoisotopic (exact) mass is 340 g/mol. The average molecular weight is 340 g/mol. The largest absolute Gasteiger partial charge is 0.465 e. The maximum Gasteiger partial charge on any atom is 0.337 e. The van der Waals surface area contributed by atoms with Gasteiger partial charge in [-0.25, -0.2) is 14.8 Å². The number of amides is 1. The van der Waals surface area contributed by atoms with Gasteiger partial charge in [0.05, 0.1) is 24.6 Å². The van der Waals surface area contributed by atoms with Gasteiger partial charge in [-0.1, -0.05) is 12.1 Å². The highest BCUT2D eigenvalue weighted by Gasteiger charge is 2.12. The number of aromatic nitrogens is 3. The highest BCUT2D eigenvalue weighted by atomic mass is 32.1. The number of anilines is 1. The summed E-state index contributed by atoms with van der Waals surface area (Å²) in [4.78, 5) is 35.6. The molecule has 24 heavy (non-hydrogen) atoms. The third-order valence-electron chi connectivity index (χ3n) is 3.12. The van der Waals surface area contributed by atoms with Crippen LogP contribution in [0.5, 0.6) is 0 Å². The zero-order valence-corrected chi connectivity index (χ0v) is 13.4. The Morgan fingerprint density at radius 2 is 1.96 bits per heavy atom. The van der Waals surface area contributed by atoms with Gasteiger partial charge in [0, 0.05) is 23.3 Å². The van der Waals surface area contributed by atoms with Gasteiger partial charge in [0.1, 0.15) is 5.69 Å². The summed E-state index contributed by atoms with van der Waals surface area (Å²) in [7, 11) is 1.34. The van der Waals surface area contributed by atoms with Gasteiger partial charge in [-0.05, 0) is 12.1 Å². The van der Waals surface area contributed by atoms with Crippen molar-refractivity contribution in [3.63, 3.8) is 0 Å². The quantitative estimate of drug-likeness (QED) is 0.734. The fourth-order valence-corrected chi connectivity index (χ4v) is 2.65. The standard InChI is InChI=1S/C16H12N4O3S/c1-23-15(22)11-4-2-10(3-5-11)13-9-24-16(19-13)20-14(21)12-8-17-6-7-18-12/h2-9H,1H3,(H,19,20,21). The van der Waals surface area contributed by atoms with E-state index in [-0.39, 0.29) is 11.6 Å². The van der Waals surface area contributed by atoms with E-state index in [0.29, 0.717) is 16.4 Å². The van der Waals surface area contributed by atoms with Crippen molar-refractivity contribution in [2.45, 2.75) is 0 Å². The Balaban J connectivity index is 1.73. The van der Waals surface area contributed by atoms with Crippen LogP contribution in [0.2, 0.25) is 0 Å². The lowest BCUT2D eigenvalue weighted by molar-refractivity contribution is 0.0600. The molecule has 120 valence electrons. The number of rotatable bonds is 4. The van der Waals surface area contributed by atoms with Crippen LogP contribution in [0, 0.1) is 0 Å². The average Bonchev–Trinajstić information content (AvgIpc) is 3.10. The molecule has 1 amide bonds. The second-order valence-corrected chi connectivity index (χ2v) is 5.51. The summed E-state index contributed by atoms with van der Waals surface area (Å²) in [5.74, 6) is -0.762. The maximum absolute atomic E-state index is 12.0. The molecule has 0 aliphatic rings. The van der Waals surface area contributed by atoms with E-state index in [1.165, 1.54) is 37.0 Å². The first-order valence-electron chi connectivity index (χ1n) is 6.89. The molecule has 0 unspecified atom stereocenters. The summed E-state index contributed by atoms with van der Waals surface area (Å²) >= 11 is 1.30. The molecule has 0 fully saturated rings. The summed E-state index contributed by atoms with van der Waals surface area (Å²) in [6.45, 7) is 0. The second kappa shape index (κ2) is 6.97. The van der Waals surface area contributed by atoms with Crippen molar-refractivity contribution < 1.29 is 14.3 Å². The van der Waals surface area contributed by atoms with E-state index in [9.17, 15) is 9.59 Å². The van der Waals surface area contributed by atoms with E-state index >= 15 is 0 Å². The minimum Gasteiger partial charge on any atom is -0.465 e. The molecule has 7 nitrogen and oxygen atoms in total. The van der Waals surface area contributed by atoms with Crippen LogP contribution in [0.25, 0.3) is 11.3 Å². The lowest BCUT2D eigenvalue weighted by atomic mass is 10.1. The first-order valence-corrected chi connectivity index (χ1v) is 7.77. The summed E-state index contributed by atoms with van der Waals surface area (Å²) in [5.41, 5.74) is 2.22.